The molecule has 2 aromatic rings. The first-order valence-electron chi connectivity index (χ1n) is 12.3. The first-order chi connectivity index (χ1) is 17.4. The topological polar surface area (TPSA) is 60.9 Å². The van der Waals surface area contributed by atoms with Crippen molar-refractivity contribution in [1.29, 1.82) is 0 Å². The number of nitrogens with zero attached hydrogens (tertiary/aromatic N) is 3. The molecular weight excluding hydrogens is 527 g/mol. The highest BCUT2D eigenvalue weighted by Gasteiger charge is 2.40. The summed E-state index contributed by atoms with van der Waals surface area (Å²) in [5.41, 5.74) is 0.302. The van der Waals surface area contributed by atoms with Gasteiger partial charge in [-0.25, -0.2) is 8.42 Å². The van der Waals surface area contributed by atoms with Crippen LogP contribution in [-0.4, -0.2) is 63.8 Å². The number of hydrogen-bond acceptors (Lipinski definition) is 4. The van der Waals surface area contributed by atoms with E-state index in [9.17, 15) is 26.4 Å². The molecule has 0 spiro atoms. The predicted octanol–water partition coefficient (Wildman–Crippen LogP) is 5.38. The van der Waals surface area contributed by atoms with Crippen molar-refractivity contribution in [2.24, 2.45) is 11.8 Å². The third-order valence-corrected chi connectivity index (χ3v) is 9.74. The molecule has 2 aliphatic heterocycles. The van der Waals surface area contributed by atoms with E-state index in [1.165, 1.54) is 21.3 Å². The molecule has 6 nitrogen and oxygen atoms in total. The van der Waals surface area contributed by atoms with E-state index in [0.717, 1.165) is 43.8 Å². The number of carbonyl (C=O) groups excluding carboxylic acids is 1. The third-order valence-electron chi connectivity index (χ3n) is 7.47. The fourth-order valence-electron chi connectivity index (χ4n) is 5.40. The molecule has 0 atom stereocenters. The minimum atomic E-state index is -4.73. The zero-order valence-corrected chi connectivity index (χ0v) is 22.4. The lowest BCUT2D eigenvalue weighted by Gasteiger charge is -2.40. The number of hydrogen-bond donors (Lipinski definition) is 0. The summed E-state index contributed by atoms with van der Waals surface area (Å²) in [5.74, 6) is 0.606. The maximum Gasteiger partial charge on any atom is 0.417 e. The molecule has 0 aromatic heterocycles. The second-order valence-corrected chi connectivity index (χ2v) is 12.2. The van der Waals surface area contributed by atoms with Gasteiger partial charge in [-0.05, 0) is 67.9 Å². The largest absolute Gasteiger partial charge is 0.417 e. The van der Waals surface area contributed by atoms with Gasteiger partial charge in [0.2, 0.25) is 10.0 Å². The third kappa shape index (κ3) is 5.91. The molecule has 0 radical (unpaired) electrons. The zero-order valence-electron chi connectivity index (χ0n) is 20.8. The van der Waals surface area contributed by atoms with E-state index >= 15 is 0 Å². The van der Waals surface area contributed by atoms with Gasteiger partial charge in [-0.2, -0.15) is 17.5 Å². The predicted molar refractivity (Wildman–Crippen MR) is 137 cm³/mol. The highest BCUT2D eigenvalue weighted by atomic mass is 35.5. The zero-order chi connectivity index (χ0) is 27.0. The van der Waals surface area contributed by atoms with Crippen LogP contribution in [0.3, 0.4) is 0 Å². The van der Waals surface area contributed by atoms with Gasteiger partial charge in [0.05, 0.1) is 21.0 Å². The van der Waals surface area contributed by atoms with Gasteiger partial charge in [-0.3, -0.25) is 4.79 Å². The number of benzene rings is 2. The maximum atomic E-state index is 13.4. The normalized spacial score (nSPS) is 18.7. The summed E-state index contributed by atoms with van der Waals surface area (Å²) in [6.07, 6.45) is -1.60. The van der Waals surface area contributed by atoms with E-state index in [0.29, 0.717) is 35.3 Å². The standard InChI is InChI=1S/C26H31ClF3N3O3S/c1-31(2)25(34)21-8-7-20(17-23(21)27)32-13-9-18(10-14-32)19-11-15-33(16-12-19)37(35,36)24-6-4-3-5-22(24)26(28,29)30/h3-8,17-19H,9-16H2,1-2H3. The van der Waals surface area contributed by atoms with Crippen LogP contribution in [0, 0.1) is 11.8 Å². The maximum absolute atomic E-state index is 13.4. The van der Waals surface area contributed by atoms with E-state index in [-0.39, 0.29) is 19.0 Å². The van der Waals surface area contributed by atoms with Crippen molar-refractivity contribution in [1.82, 2.24) is 9.21 Å². The van der Waals surface area contributed by atoms with Crippen LogP contribution < -0.4 is 4.90 Å². The van der Waals surface area contributed by atoms with E-state index in [2.05, 4.69) is 4.90 Å². The van der Waals surface area contributed by atoms with Gasteiger partial charge in [-0.1, -0.05) is 23.7 Å². The van der Waals surface area contributed by atoms with Gasteiger partial charge in [0, 0.05) is 46.0 Å². The second-order valence-electron chi connectivity index (χ2n) is 9.92. The van der Waals surface area contributed by atoms with Gasteiger partial charge in [0.15, 0.2) is 0 Å². The Morgan fingerprint density at radius 2 is 1.51 bits per heavy atom. The number of alkyl halides is 3. The monoisotopic (exact) mass is 557 g/mol. The number of amides is 1. The summed E-state index contributed by atoms with van der Waals surface area (Å²) in [6, 6.07) is 9.85. The highest BCUT2D eigenvalue weighted by molar-refractivity contribution is 7.89. The summed E-state index contributed by atoms with van der Waals surface area (Å²) in [5, 5.41) is 0.416. The van der Waals surface area contributed by atoms with E-state index in [4.69, 9.17) is 11.6 Å². The molecule has 1 amide bonds. The van der Waals surface area contributed by atoms with Crippen LogP contribution in [0.15, 0.2) is 47.4 Å². The Balaban J connectivity index is 1.35. The second kappa shape index (κ2) is 10.8. The lowest BCUT2D eigenvalue weighted by molar-refractivity contribution is -0.139. The molecule has 202 valence electrons. The SMILES string of the molecule is CN(C)C(=O)c1ccc(N2CCC(C3CCN(S(=O)(=O)c4ccccc4C(F)(F)F)CC3)CC2)cc1Cl. The highest BCUT2D eigenvalue weighted by Crippen LogP contribution is 2.38. The summed E-state index contributed by atoms with van der Waals surface area (Å²) in [7, 11) is -0.870. The fourth-order valence-corrected chi connectivity index (χ4v) is 7.33. The smallest absolute Gasteiger partial charge is 0.371 e. The van der Waals surface area contributed by atoms with Crippen LogP contribution in [0.5, 0.6) is 0 Å². The molecule has 0 saturated carbocycles. The van der Waals surface area contributed by atoms with Gasteiger partial charge in [0.1, 0.15) is 0 Å². The van der Waals surface area contributed by atoms with Crippen molar-refractivity contribution < 1.29 is 26.4 Å². The molecule has 2 fully saturated rings. The first kappa shape index (κ1) is 27.7. The van der Waals surface area contributed by atoms with Crippen LogP contribution in [0.2, 0.25) is 5.02 Å². The number of piperidine rings is 2. The Bertz CT molecular complexity index is 1240. The number of rotatable bonds is 5. The van der Waals surface area contributed by atoms with Gasteiger partial charge in [-0.15, -0.1) is 0 Å². The molecule has 4 rings (SSSR count). The first-order valence-corrected chi connectivity index (χ1v) is 14.1. The van der Waals surface area contributed by atoms with Gasteiger partial charge < -0.3 is 9.80 Å². The number of sulfonamides is 1. The number of halogens is 4. The Morgan fingerprint density at radius 1 is 0.946 bits per heavy atom. The molecular formula is C26H31ClF3N3O3S. The Labute approximate surface area is 221 Å². The molecule has 11 heteroatoms. The molecule has 2 saturated heterocycles. The van der Waals surface area contributed by atoms with Gasteiger partial charge >= 0.3 is 6.18 Å². The fraction of sp³-hybridized carbons (Fsp3) is 0.500. The van der Waals surface area contributed by atoms with Crippen molar-refractivity contribution in [2.45, 2.75) is 36.8 Å². The Hall–Kier alpha value is -2.30. The molecule has 0 aliphatic carbocycles. The van der Waals surface area contributed by atoms with E-state index < -0.39 is 26.7 Å². The minimum absolute atomic E-state index is 0.148. The molecule has 2 aliphatic rings. The van der Waals surface area contributed by atoms with Gasteiger partial charge in [0.25, 0.3) is 5.91 Å². The van der Waals surface area contributed by atoms with Crippen LogP contribution in [0.4, 0.5) is 18.9 Å². The van der Waals surface area contributed by atoms with Crippen molar-refractivity contribution in [3.63, 3.8) is 0 Å². The average Bonchev–Trinajstić information content (AvgIpc) is 2.88. The molecule has 37 heavy (non-hydrogen) atoms. The molecule has 0 N–H and O–H groups in total. The van der Waals surface area contributed by atoms with Crippen LogP contribution in [0.25, 0.3) is 0 Å². The summed E-state index contributed by atoms with van der Waals surface area (Å²) < 4.78 is 67.5. The van der Waals surface area contributed by atoms with E-state index in [1.54, 1.807) is 20.2 Å². The number of carbonyl (C=O) groups is 1. The molecule has 0 unspecified atom stereocenters. The lowest BCUT2D eigenvalue weighted by atomic mass is 9.79. The number of anilines is 1. The molecule has 2 aromatic carbocycles. The van der Waals surface area contributed by atoms with Crippen LogP contribution >= 0.6 is 11.6 Å². The van der Waals surface area contributed by atoms with Crippen molar-refractivity contribution in [2.75, 3.05) is 45.2 Å². The van der Waals surface area contributed by atoms with Crippen molar-refractivity contribution in [3.8, 4) is 0 Å². The summed E-state index contributed by atoms with van der Waals surface area (Å²) in [6.45, 7) is 2.08. The molecule has 2 heterocycles. The minimum Gasteiger partial charge on any atom is -0.371 e. The van der Waals surface area contributed by atoms with E-state index in [1.807, 2.05) is 12.1 Å². The van der Waals surface area contributed by atoms with Crippen molar-refractivity contribution in [3.05, 3.63) is 58.6 Å². The quantitative estimate of drug-likeness (QED) is 0.495. The Kier molecular flexibility index (Phi) is 8.11. The van der Waals surface area contributed by atoms with Crippen LogP contribution in [-0.2, 0) is 16.2 Å². The summed E-state index contributed by atoms with van der Waals surface area (Å²) in [4.78, 5) is 15.3. The lowest BCUT2D eigenvalue weighted by Crippen LogP contribution is -2.43. The van der Waals surface area contributed by atoms with Crippen LogP contribution in [0.1, 0.15) is 41.6 Å². The summed E-state index contributed by atoms with van der Waals surface area (Å²) >= 11 is 6.38. The Morgan fingerprint density at radius 3 is 2.05 bits per heavy atom. The molecule has 0 bridgehead atoms. The average molecular weight is 558 g/mol. The van der Waals surface area contributed by atoms with Crippen molar-refractivity contribution >= 4 is 33.2 Å².